The zero-order valence-electron chi connectivity index (χ0n) is 21.7. The molecule has 8 heteroatoms. The molecular formula is C27H45N7O. The zero-order chi connectivity index (χ0) is 24.5. The number of carbonyl (C=O) groups excluding carboxylic acids is 1. The van der Waals surface area contributed by atoms with Crippen LogP contribution in [0, 0.1) is 5.92 Å². The molecule has 0 saturated heterocycles. The van der Waals surface area contributed by atoms with Gasteiger partial charge in [0.2, 0.25) is 0 Å². The molecule has 0 unspecified atom stereocenters. The van der Waals surface area contributed by atoms with Gasteiger partial charge >= 0.3 is 0 Å². The first-order chi connectivity index (χ1) is 17.2. The highest BCUT2D eigenvalue weighted by atomic mass is 16.2. The lowest BCUT2D eigenvalue weighted by atomic mass is 9.84. The van der Waals surface area contributed by atoms with Crippen LogP contribution >= 0.6 is 0 Å². The van der Waals surface area contributed by atoms with E-state index in [1.54, 1.807) is 18.6 Å². The second-order valence-corrected chi connectivity index (χ2v) is 10.5. The molecule has 4 rings (SSSR count). The molecule has 0 atom stereocenters. The first-order valence-corrected chi connectivity index (χ1v) is 13.9. The standard InChI is InChI=1S/C27H45N7O/c1-3-17-33(18-4-2)23-11-7-22(8-12-23)32-19-21-5-9-24(10-6-21)34(20-25-28-13-14-29-25)27(35)26-30-15-16-31-26/h13-16,21-24,32H,3-12,17-20H2,1-2H3,(H,28,29)(H,30,31). The molecule has 2 saturated carbocycles. The van der Waals surface area contributed by atoms with Gasteiger partial charge in [-0.3, -0.25) is 4.79 Å². The fraction of sp³-hybridized carbons (Fsp3) is 0.741. The van der Waals surface area contributed by atoms with E-state index in [1.165, 1.54) is 51.6 Å². The number of rotatable bonds is 12. The maximum atomic E-state index is 13.2. The molecule has 0 spiro atoms. The Kier molecular flexibility index (Phi) is 9.77. The molecule has 0 aromatic carbocycles. The Bertz CT molecular complexity index is 831. The van der Waals surface area contributed by atoms with E-state index in [1.807, 2.05) is 11.1 Å². The molecule has 35 heavy (non-hydrogen) atoms. The third-order valence-electron chi connectivity index (χ3n) is 8.02. The number of hydrogen-bond acceptors (Lipinski definition) is 5. The minimum absolute atomic E-state index is 0.0371. The summed E-state index contributed by atoms with van der Waals surface area (Å²) in [6.07, 6.45) is 19.1. The van der Waals surface area contributed by atoms with Crippen LogP contribution in [0.25, 0.3) is 0 Å². The Labute approximate surface area is 210 Å². The average Bonchev–Trinajstić information content (AvgIpc) is 3.61. The summed E-state index contributed by atoms with van der Waals surface area (Å²) in [6.45, 7) is 8.70. The fourth-order valence-corrected chi connectivity index (χ4v) is 6.12. The van der Waals surface area contributed by atoms with Gasteiger partial charge in [0, 0.05) is 42.9 Å². The number of aromatic amines is 2. The predicted octanol–water partition coefficient (Wildman–Crippen LogP) is 4.36. The first kappa shape index (κ1) is 25.9. The molecule has 0 aliphatic heterocycles. The average molecular weight is 484 g/mol. The topological polar surface area (TPSA) is 92.9 Å². The van der Waals surface area contributed by atoms with Crippen molar-refractivity contribution in [3.05, 3.63) is 36.4 Å². The van der Waals surface area contributed by atoms with Crippen molar-refractivity contribution in [2.45, 2.75) is 103 Å². The molecule has 2 heterocycles. The lowest BCUT2D eigenvalue weighted by molar-refractivity contribution is 0.0568. The van der Waals surface area contributed by atoms with E-state index in [-0.39, 0.29) is 11.9 Å². The van der Waals surface area contributed by atoms with Crippen molar-refractivity contribution >= 4 is 5.91 Å². The van der Waals surface area contributed by atoms with Gasteiger partial charge in [0.25, 0.3) is 5.91 Å². The molecular weight excluding hydrogens is 438 g/mol. The number of imidazole rings is 2. The lowest BCUT2D eigenvalue weighted by Gasteiger charge is -2.39. The number of aromatic nitrogens is 4. The maximum Gasteiger partial charge on any atom is 0.290 e. The molecule has 3 N–H and O–H groups in total. The van der Waals surface area contributed by atoms with Gasteiger partial charge in [-0.15, -0.1) is 0 Å². The molecule has 2 aromatic rings. The summed E-state index contributed by atoms with van der Waals surface area (Å²) >= 11 is 0. The molecule has 194 valence electrons. The summed E-state index contributed by atoms with van der Waals surface area (Å²) < 4.78 is 0. The van der Waals surface area contributed by atoms with Gasteiger partial charge in [0.1, 0.15) is 5.82 Å². The number of amides is 1. The van der Waals surface area contributed by atoms with Crippen molar-refractivity contribution in [2.24, 2.45) is 5.92 Å². The Hall–Kier alpha value is -2.19. The molecule has 1 amide bonds. The number of hydrogen-bond donors (Lipinski definition) is 3. The van der Waals surface area contributed by atoms with Gasteiger partial charge in [-0.25, -0.2) is 9.97 Å². The summed E-state index contributed by atoms with van der Waals surface area (Å²) in [5.41, 5.74) is 0. The molecule has 0 radical (unpaired) electrons. The van der Waals surface area contributed by atoms with Gasteiger partial charge in [-0.2, -0.15) is 0 Å². The van der Waals surface area contributed by atoms with E-state index < -0.39 is 0 Å². The Morgan fingerprint density at radius 3 is 2.17 bits per heavy atom. The van der Waals surface area contributed by atoms with Crippen LogP contribution in [0.3, 0.4) is 0 Å². The number of H-pyrrole nitrogens is 2. The van der Waals surface area contributed by atoms with Gasteiger partial charge in [0.05, 0.1) is 6.54 Å². The second kappa shape index (κ2) is 13.2. The first-order valence-electron chi connectivity index (χ1n) is 13.9. The Morgan fingerprint density at radius 1 is 0.914 bits per heavy atom. The fourth-order valence-electron chi connectivity index (χ4n) is 6.12. The number of nitrogens with one attached hydrogen (secondary N) is 3. The predicted molar refractivity (Wildman–Crippen MR) is 139 cm³/mol. The normalized spacial score (nSPS) is 25.1. The quantitative estimate of drug-likeness (QED) is 0.417. The minimum Gasteiger partial charge on any atom is -0.347 e. The summed E-state index contributed by atoms with van der Waals surface area (Å²) in [5.74, 6) is 1.89. The maximum absolute atomic E-state index is 13.2. The molecule has 2 aliphatic carbocycles. The highest BCUT2D eigenvalue weighted by Crippen LogP contribution is 2.30. The van der Waals surface area contributed by atoms with E-state index in [0.717, 1.165) is 44.1 Å². The van der Waals surface area contributed by atoms with Gasteiger partial charge in [-0.05, 0) is 89.8 Å². The SMILES string of the molecule is CCCN(CCC)C1CCC(NCC2CCC(N(Cc3ncc[nH]3)C(=O)c3ncc[nH]3)CC2)CC1. The third kappa shape index (κ3) is 7.17. The van der Waals surface area contributed by atoms with Crippen molar-refractivity contribution < 1.29 is 4.79 Å². The lowest BCUT2D eigenvalue weighted by Crippen LogP contribution is -2.45. The van der Waals surface area contributed by atoms with Crippen LogP contribution < -0.4 is 5.32 Å². The van der Waals surface area contributed by atoms with Gasteiger partial charge in [-0.1, -0.05) is 13.8 Å². The van der Waals surface area contributed by atoms with E-state index in [9.17, 15) is 4.79 Å². The van der Waals surface area contributed by atoms with Crippen LogP contribution in [0.4, 0.5) is 0 Å². The van der Waals surface area contributed by atoms with Crippen LogP contribution in [0.15, 0.2) is 24.8 Å². The molecule has 2 aliphatic rings. The van der Waals surface area contributed by atoms with Crippen LogP contribution in [-0.4, -0.2) is 73.4 Å². The smallest absolute Gasteiger partial charge is 0.290 e. The van der Waals surface area contributed by atoms with Crippen LogP contribution in [-0.2, 0) is 6.54 Å². The molecule has 0 bridgehead atoms. The van der Waals surface area contributed by atoms with E-state index in [4.69, 9.17) is 0 Å². The second-order valence-electron chi connectivity index (χ2n) is 10.5. The van der Waals surface area contributed by atoms with Crippen molar-refractivity contribution in [3.8, 4) is 0 Å². The molecule has 8 nitrogen and oxygen atoms in total. The van der Waals surface area contributed by atoms with Crippen molar-refractivity contribution in [1.82, 2.24) is 35.1 Å². The number of nitrogens with zero attached hydrogens (tertiary/aromatic N) is 4. The van der Waals surface area contributed by atoms with Crippen LogP contribution in [0.1, 0.15) is 94.5 Å². The highest BCUT2D eigenvalue weighted by molar-refractivity contribution is 5.90. The highest BCUT2D eigenvalue weighted by Gasteiger charge is 2.32. The van der Waals surface area contributed by atoms with Gasteiger partial charge in [0.15, 0.2) is 5.82 Å². The van der Waals surface area contributed by atoms with Crippen LogP contribution in [0.5, 0.6) is 0 Å². The minimum atomic E-state index is -0.0371. The zero-order valence-corrected chi connectivity index (χ0v) is 21.7. The molecule has 2 fully saturated rings. The Morgan fingerprint density at radius 2 is 1.57 bits per heavy atom. The van der Waals surface area contributed by atoms with Crippen LogP contribution in [0.2, 0.25) is 0 Å². The molecule has 2 aromatic heterocycles. The summed E-state index contributed by atoms with van der Waals surface area (Å²) in [7, 11) is 0. The summed E-state index contributed by atoms with van der Waals surface area (Å²) in [4.78, 5) is 32.6. The van der Waals surface area contributed by atoms with Crippen molar-refractivity contribution in [2.75, 3.05) is 19.6 Å². The largest absolute Gasteiger partial charge is 0.347 e. The van der Waals surface area contributed by atoms with E-state index in [2.05, 4.69) is 44.0 Å². The Balaban J connectivity index is 1.22. The number of carbonyl (C=O) groups is 1. The van der Waals surface area contributed by atoms with E-state index in [0.29, 0.717) is 24.3 Å². The summed E-state index contributed by atoms with van der Waals surface area (Å²) in [5, 5.41) is 3.91. The van der Waals surface area contributed by atoms with E-state index >= 15 is 0 Å². The monoisotopic (exact) mass is 483 g/mol. The van der Waals surface area contributed by atoms with Crippen molar-refractivity contribution in [1.29, 1.82) is 0 Å². The summed E-state index contributed by atoms with van der Waals surface area (Å²) in [6, 6.07) is 1.69. The third-order valence-corrected chi connectivity index (χ3v) is 8.02. The van der Waals surface area contributed by atoms with Crippen molar-refractivity contribution in [3.63, 3.8) is 0 Å². The van der Waals surface area contributed by atoms with Gasteiger partial charge < -0.3 is 25.1 Å².